The van der Waals surface area contributed by atoms with Gasteiger partial charge in [0.25, 0.3) is 5.91 Å². The van der Waals surface area contributed by atoms with Crippen LogP contribution in [-0.4, -0.2) is 42.3 Å². The molecule has 0 aliphatic carbocycles. The molecule has 0 radical (unpaired) electrons. The number of amides is 1. The van der Waals surface area contributed by atoms with Gasteiger partial charge in [0.1, 0.15) is 18.1 Å². The number of halogens is 2. The van der Waals surface area contributed by atoms with Gasteiger partial charge in [0.05, 0.1) is 15.5 Å². The molecule has 112 valence electrons. The number of carbonyl (C=O) groups excluding carboxylic acids is 1. The molecule has 6 nitrogen and oxygen atoms in total. The van der Waals surface area contributed by atoms with Crippen molar-refractivity contribution in [1.29, 1.82) is 5.41 Å². The second-order valence-electron chi connectivity index (χ2n) is 4.20. The van der Waals surface area contributed by atoms with Gasteiger partial charge in [-0.3, -0.25) is 9.69 Å². The number of nitrogens with zero attached hydrogens (tertiary/aromatic N) is 1. The third kappa shape index (κ3) is 3.06. The lowest BCUT2D eigenvalue weighted by molar-refractivity contribution is 0.0682. The molecule has 1 heterocycles. The maximum atomic E-state index is 12.6. The molecule has 0 fully saturated rings. The van der Waals surface area contributed by atoms with Crippen LogP contribution in [0.2, 0.25) is 0 Å². The number of benzene rings is 1. The molecule has 1 aliphatic rings. The normalized spacial score (nSPS) is 14.7. The Morgan fingerprint density at radius 1 is 1.48 bits per heavy atom. The molecule has 1 amide bonds. The van der Waals surface area contributed by atoms with Crippen LogP contribution in [-0.2, 0) is 4.74 Å². The third-order valence-electron chi connectivity index (χ3n) is 2.96. The number of allylic oxidation sites excluding steroid dienone is 1. The van der Waals surface area contributed by atoms with E-state index in [1.54, 1.807) is 19.2 Å². The van der Waals surface area contributed by atoms with E-state index in [2.05, 4.69) is 37.2 Å². The van der Waals surface area contributed by atoms with Crippen molar-refractivity contribution in [3.05, 3.63) is 38.2 Å². The fourth-order valence-corrected chi connectivity index (χ4v) is 3.14. The van der Waals surface area contributed by atoms with Crippen molar-refractivity contribution >= 4 is 44.0 Å². The van der Waals surface area contributed by atoms with Crippen molar-refractivity contribution in [1.82, 2.24) is 10.2 Å². The van der Waals surface area contributed by atoms with Crippen LogP contribution in [0, 0.1) is 5.41 Å². The molecule has 0 saturated carbocycles. The van der Waals surface area contributed by atoms with Crippen molar-refractivity contribution in [2.75, 3.05) is 20.2 Å². The van der Waals surface area contributed by atoms with Crippen LogP contribution in [0.1, 0.15) is 10.4 Å². The Hall–Kier alpha value is -1.54. The van der Waals surface area contributed by atoms with Gasteiger partial charge in [-0.1, -0.05) is 0 Å². The van der Waals surface area contributed by atoms with Crippen LogP contribution in [0.15, 0.2) is 32.7 Å². The van der Waals surface area contributed by atoms with Crippen LogP contribution in [0.25, 0.3) is 0 Å². The van der Waals surface area contributed by atoms with Gasteiger partial charge in [-0.05, 0) is 44.0 Å². The summed E-state index contributed by atoms with van der Waals surface area (Å²) in [5.74, 6) is 0.153. The number of hydrogen-bond donors (Lipinski definition) is 3. The molecule has 3 N–H and O–H groups in total. The SMILES string of the molecule is CNC1=C(C=N)N(C(=O)c2cc(Br)c(O)c(Br)c2)CCO1. The van der Waals surface area contributed by atoms with Crippen LogP contribution in [0.5, 0.6) is 5.75 Å². The van der Waals surface area contributed by atoms with Crippen LogP contribution < -0.4 is 5.32 Å². The van der Waals surface area contributed by atoms with Crippen molar-refractivity contribution in [3.63, 3.8) is 0 Å². The van der Waals surface area contributed by atoms with E-state index in [9.17, 15) is 9.90 Å². The summed E-state index contributed by atoms with van der Waals surface area (Å²) in [7, 11) is 1.67. The number of nitrogens with one attached hydrogen (secondary N) is 2. The number of phenolic OH excluding ortho intramolecular Hbond substituents is 1. The van der Waals surface area contributed by atoms with Gasteiger partial charge < -0.3 is 20.6 Å². The summed E-state index contributed by atoms with van der Waals surface area (Å²) in [6.07, 6.45) is 1.08. The molecular weight excluding hydrogens is 406 g/mol. The number of carbonyl (C=O) groups is 1. The second kappa shape index (κ2) is 6.48. The summed E-state index contributed by atoms with van der Waals surface area (Å²) in [6.45, 7) is 0.699. The first-order valence-electron chi connectivity index (χ1n) is 6.04. The lowest BCUT2D eigenvalue weighted by atomic mass is 10.1. The molecule has 0 unspecified atom stereocenters. The average molecular weight is 419 g/mol. The molecule has 0 bridgehead atoms. The monoisotopic (exact) mass is 417 g/mol. The molecule has 0 spiro atoms. The Morgan fingerprint density at radius 3 is 2.62 bits per heavy atom. The highest BCUT2D eigenvalue weighted by Crippen LogP contribution is 2.34. The minimum Gasteiger partial charge on any atom is -0.506 e. The molecule has 21 heavy (non-hydrogen) atoms. The summed E-state index contributed by atoms with van der Waals surface area (Å²) in [5.41, 5.74) is 0.761. The first-order valence-corrected chi connectivity index (χ1v) is 7.63. The summed E-state index contributed by atoms with van der Waals surface area (Å²) in [6, 6.07) is 3.08. The zero-order chi connectivity index (χ0) is 15.6. The predicted octanol–water partition coefficient (Wildman–Crippen LogP) is 2.43. The minimum absolute atomic E-state index is 0.0345. The average Bonchev–Trinajstić information content (AvgIpc) is 2.50. The van der Waals surface area contributed by atoms with Crippen molar-refractivity contribution in [2.45, 2.75) is 0 Å². The van der Waals surface area contributed by atoms with Gasteiger partial charge in [-0.15, -0.1) is 0 Å². The first-order chi connectivity index (χ1) is 9.99. The van der Waals surface area contributed by atoms with E-state index in [4.69, 9.17) is 10.1 Å². The molecule has 0 atom stereocenters. The van der Waals surface area contributed by atoms with E-state index in [1.165, 1.54) is 4.90 Å². The molecule has 0 aromatic heterocycles. The van der Waals surface area contributed by atoms with E-state index >= 15 is 0 Å². The number of hydrogen-bond acceptors (Lipinski definition) is 5. The molecule has 8 heteroatoms. The van der Waals surface area contributed by atoms with Gasteiger partial charge in [0, 0.05) is 18.8 Å². The molecular formula is C13H13Br2N3O3. The highest BCUT2D eigenvalue weighted by atomic mass is 79.9. The predicted molar refractivity (Wildman–Crippen MR) is 85.4 cm³/mol. The second-order valence-corrected chi connectivity index (χ2v) is 5.91. The molecule has 0 saturated heterocycles. The number of ether oxygens (including phenoxy) is 1. The summed E-state index contributed by atoms with van der Waals surface area (Å²) in [5, 5.41) is 20.0. The topological polar surface area (TPSA) is 85.7 Å². The Kier molecular flexibility index (Phi) is 4.89. The molecule has 1 aromatic rings. The maximum absolute atomic E-state index is 12.6. The van der Waals surface area contributed by atoms with Gasteiger partial charge in [0.15, 0.2) is 0 Å². The van der Waals surface area contributed by atoms with Crippen molar-refractivity contribution < 1.29 is 14.6 Å². The standard InChI is InChI=1S/C13H13Br2N3O3/c1-17-12-10(6-16)18(2-3-21-12)13(20)7-4-8(14)11(19)9(15)5-7/h4-6,16-17,19H,2-3H2,1H3. The van der Waals surface area contributed by atoms with E-state index in [1.807, 2.05) is 0 Å². The number of phenols is 1. The molecule has 1 aromatic carbocycles. The van der Waals surface area contributed by atoms with E-state index in [0.717, 1.165) is 6.21 Å². The van der Waals surface area contributed by atoms with E-state index < -0.39 is 0 Å². The largest absolute Gasteiger partial charge is 0.506 e. The van der Waals surface area contributed by atoms with Crippen molar-refractivity contribution in [3.8, 4) is 5.75 Å². The highest BCUT2D eigenvalue weighted by molar-refractivity contribution is 9.11. The van der Waals surface area contributed by atoms with Crippen LogP contribution in [0.3, 0.4) is 0 Å². The third-order valence-corrected chi connectivity index (χ3v) is 4.17. The Bertz CT molecular complexity index is 608. The molecule has 2 rings (SSSR count). The summed E-state index contributed by atoms with van der Waals surface area (Å²) < 4.78 is 6.22. The van der Waals surface area contributed by atoms with Gasteiger partial charge >= 0.3 is 0 Å². The van der Waals surface area contributed by atoms with E-state index in [-0.39, 0.29) is 11.7 Å². The van der Waals surface area contributed by atoms with Gasteiger partial charge in [-0.25, -0.2) is 0 Å². The number of aromatic hydroxyl groups is 1. The minimum atomic E-state index is -0.272. The highest BCUT2D eigenvalue weighted by Gasteiger charge is 2.26. The smallest absolute Gasteiger partial charge is 0.258 e. The summed E-state index contributed by atoms with van der Waals surface area (Å²) >= 11 is 6.40. The Labute approximate surface area is 138 Å². The fraction of sp³-hybridized carbons (Fsp3) is 0.231. The zero-order valence-corrected chi connectivity index (χ0v) is 14.3. The Balaban J connectivity index is 2.42. The summed E-state index contributed by atoms with van der Waals surface area (Å²) in [4.78, 5) is 14.1. The Morgan fingerprint density at radius 2 is 2.10 bits per heavy atom. The fourth-order valence-electron chi connectivity index (χ4n) is 1.96. The van der Waals surface area contributed by atoms with E-state index in [0.29, 0.717) is 39.2 Å². The zero-order valence-electron chi connectivity index (χ0n) is 11.1. The van der Waals surface area contributed by atoms with Crippen LogP contribution >= 0.6 is 31.9 Å². The van der Waals surface area contributed by atoms with Gasteiger partial charge in [-0.2, -0.15) is 0 Å². The maximum Gasteiger partial charge on any atom is 0.258 e. The molecule has 1 aliphatic heterocycles. The lowest BCUT2D eigenvalue weighted by Crippen LogP contribution is -2.40. The quantitative estimate of drug-likeness (QED) is 0.658. The number of rotatable bonds is 3. The van der Waals surface area contributed by atoms with Crippen LogP contribution in [0.4, 0.5) is 0 Å². The lowest BCUT2D eigenvalue weighted by Gasteiger charge is -2.30. The first kappa shape index (κ1) is 15.8. The van der Waals surface area contributed by atoms with Gasteiger partial charge in [0.2, 0.25) is 5.88 Å². The van der Waals surface area contributed by atoms with Crippen molar-refractivity contribution in [2.24, 2.45) is 0 Å².